The van der Waals surface area contributed by atoms with Crippen molar-refractivity contribution in [2.45, 2.75) is 63.8 Å². The molecule has 144 valence electrons. The second-order valence-electron chi connectivity index (χ2n) is 7.76. The quantitative estimate of drug-likeness (QED) is 0.532. The Morgan fingerprint density at radius 2 is 1.32 bits per heavy atom. The Hall–Kier alpha value is -1.38. The van der Waals surface area contributed by atoms with Crippen molar-refractivity contribution < 1.29 is 34.6 Å². The van der Waals surface area contributed by atoms with E-state index in [4.69, 9.17) is 0 Å². The minimum absolute atomic E-state index is 0.210. The smallest absolute Gasteiger partial charge is 0.378 e. The van der Waals surface area contributed by atoms with Gasteiger partial charge in [-0.05, 0) is 22.5 Å². The molecule has 9 heteroatoms. The molecule has 3 nitrogen and oxygen atoms in total. The van der Waals surface area contributed by atoms with Gasteiger partial charge in [-0.15, -0.1) is 0 Å². The predicted octanol–water partition coefficient (Wildman–Crippen LogP) is 5.15. The molecule has 0 saturated heterocycles. The van der Waals surface area contributed by atoms with Gasteiger partial charge >= 0.3 is 21.5 Å². The van der Waals surface area contributed by atoms with Crippen LogP contribution in [-0.2, 0) is 20.9 Å². The molecule has 1 rings (SSSR count). The van der Waals surface area contributed by atoms with Crippen molar-refractivity contribution in [1.29, 1.82) is 0 Å². The zero-order valence-corrected chi connectivity index (χ0v) is 15.6. The third-order valence-electron chi connectivity index (χ3n) is 3.50. The molecule has 0 saturated carbocycles. The first-order valence-electron chi connectivity index (χ1n) is 7.34. The summed E-state index contributed by atoms with van der Waals surface area (Å²) in [4.78, 5) is 0. The highest BCUT2D eigenvalue weighted by atomic mass is 32.2. The summed E-state index contributed by atoms with van der Waals surface area (Å²) < 4.78 is 90.9. The number of halogens is 5. The molecule has 0 aliphatic carbocycles. The topological polar surface area (TPSA) is 43.4 Å². The van der Waals surface area contributed by atoms with E-state index in [0.29, 0.717) is 0 Å². The van der Waals surface area contributed by atoms with Crippen LogP contribution in [0.4, 0.5) is 22.0 Å². The lowest BCUT2D eigenvalue weighted by Gasteiger charge is -2.27. The summed E-state index contributed by atoms with van der Waals surface area (Å²) in [5.41, 5.74) is -0.126. The molecule has 0 aliphatic rings. The summed E-state index contributed by atoms with van der Waals surface area (Å²) in [7, 11) is -6.26. The van der Waals surface area contributed by atoms with Gasteiger partial charge in [0.2, 0.25) is 0 Å². The van der Waals surface area contributed by atoms with E-state index < -0.39 is 32.7 Å². The van der Waals surface area contributed by atoms with Crippen molar-refractivity contribution in [3.63, 3.8) is 0 Å². The fourth-order valence-electron chi connectivity index (χ4n) is 1.97. The lowest BCUT2D eigenvalue weighted by Crippen LogP contribution is -2.46. The van der Waals surface area contributed by atoms with E-state index in [-0.39, 0.29) is 11.0 Å². The van der Waals surface area contributed by atoms with Crippen molar-refractivity contribution in [2.24, 2.45) is 0 Å². The summed E-state index contributed by atoms with van der Waals surface area (Å²) in [6.07, 6.45) is -6.28. The zero-order valence-electron chi connectivity index (χ0n) is 14.8. The lowest BCUT2D eigenvalue weighted by atomic mass is 9.80. The molecular formula is C16H21F5O3S. The Morgan fingerprint density at radius 3 is 1.68 bits per heavy atom. The second kappa shape index (κ2) is 6.10. The van der Waals surface area contributed by atoms with Crippen molar-refractivity contribution in [2.75, 3.05) is 0 Å². The summed E-state index contributed by atoms with van der Waals surface area (Å²) in [6, 6.07) is 4.09. The summed E-state index contributed by atoms with van der Waals surface area (Å²) in [6.45, 7) is 10.6. The number of benzene rings is 1. The van der Waals surface area contributed by atoms with Crippen LogP contribution >= 0.6 is 0 Å². The number of hydrogen-bond acceptors (Lipinski definition) is 3. The molecular weight excluding hydrogens is 367 g/mol. The van der Waals surface area contributed by atoms with E-state index in [1.807, 2.05) is 20.8 Å². The first-order valence-corrected chi connectivity index (χ1v) is 8.75. The lowest BCUT2D eigenvalue weighted by molar-refractivity contribution is -0.243. The molecule has 0 aliphatic heterocycles. The van der Waals surface area contributed by atoms with Gasteiger partial charge in [-0.3, -0.25) is 0 Å². The van der Waals surface area contributed by atoms with Crippen LogP contribution in [0.15, 0.2) is 18.2 Å². The van der Waals surface area contributed by atoms with Crippen molar-refractivity contribution in [3.05, 3.63) is 29.3 Å². The van der Waals surface area contributed by atoms with Gasteiger partial charge in [0, 0.05) is 5.56 Å². The van der Waals surface area contributed by atoms with Gasteiger partial charge in [0.25, 0.3) is 0 Å². The molecule has 0 bridgehead atoms. The van der Waals surface area contributed by atoms with Crippen molar-refractivity contribution in [3.8, 4) is 5.75 Å². The van der Waals surface area contributed by atoms with Gasteiger partial charge in [-0.25, -0.2) is 0 Å². The van der Waals surface area contributed by atoms with E-state index in [0.717, 1.165) is 11.6 Å². The van der Waals surface area contributed by atoms with E-state index >= 15 is 0 Å². The maximum Gasteiger partial charge on any atom is 0.475 e. The maximum absolute atomic E-state index is 13.3. The SMILES string of the molecule is CC(C)(C)c1ccc(OS(=O)(=O)C(F)(F)C(F)(F)F)c(C(C)(C)C)c1. The third kappa shape index (κ3) is 4.43. The highest BCUT2D eigenvalue weighted by Crippen LogP contribution is 2.43. The molecule has 0 atom stereocenters. The standard InChI is InChI=1S/C16H21F5O3S/c1-13(2,3)10-7-8-12(11(9-10)14(4,5)6)24-25(22,23)16(20,21)15(17,18)19/h7-9H,1-6H3. The second-order valence-corrected chi connectivity index (χ2v) is 9.35. The van der Waals surface area contributed by atoms with Gasteiger partial charge in [0.1, 0.15) is 5.75 Å². The molecule has 0 radical (unpaired) electrons. The number of hydrogen-bond donors (Lipinski definition) is 0. The Kier molecular flexibility index (Phi) is 5.29. The first kappa shape index (κ1) is 21.7. The number of alkyl halides is 5. The van der Waals surface area contributed by atoms with Gasteiger partial charge in [0.05, 0.1) is 0 Å². The van der Waals surface area contributed by atoms with Crippen LogP contribution in [0.2, 0.25) is 0 Å². The fraction of sp³-hybridized carbons (Fsp3) is 0.625. The van der Waals surface area contributed by atoms with E-state index in [9.17, 15) is 30.4 Å². The molecule has 0 aromatic heterocycles. The van der Waals surface area contributed by atoms with Gasteiger partial charge in [-0.1, -0.05) is 53.7 Å². The molecule has 0 unspecified atom stereocenters. The number of rotatable bonds is 3. The fourth-order valence-corrected chi connectivity index (χ4v) is 2.74. The van der Waals surface area contributed by atoms with Crippen LogP contribution in [0.3, 0.4) is 0 Å². The summed E-state index contributed by atoms with van der Waals surface area (Å²) >= 11 is 0. The maximum atomic E-state index is 13.3. The van der Waals surface area contributed by atoms with E-state index in [2.05, 4.69) is 4.18 Å². The van der Waals surface area contributed by atoms with Crippen LogP contribution in [0.5, 0.6) is 5.75 Å². The Morgan fingerprint density at radius 1 is 0.840 bits per heavy atom. The Labute approximate surface area is 144 Å². The summed E-state index contributed by atoms with van der Waals surface area (Å²) in [5, 5.41) is -6.02. The molecule has 0 amide bonds. The normalized spacial score (nSPS) is 14.5. The van der Waals surface area contributed by atoms with Crippen molar-refractivity contribution in [1.82, 2.24) is 0 Å². The highest BCUT2D eigenvalue weighted by molar-refractivity contribution is 7.88. The van der Waals surface area contributed by atoms with Crippen LogP contribution in [0, 0.1) is 0 Å². The molecule has 0 spiro atoms. The van der Waals surface area contributed by atoms with E-state index in [1.165, 1.54) is 6.07 Å². The van der Waals surface area contributed by atoms with Crippen molar-refractivity contribution >= 4 is 10.1 Å². The molecule has 25 heavy (non-hydrogen) atoms. The predicted molar refractivity (Wildman–Crippen MR) is 84.4 cm³/mol. The van der Waals surface area contributed by atoms with Crippen LogP contribution < -0.4 is 4.18 Å². The van der Waals surface area contributed by atoms with E-state index in [1.54, 1.807) is 26.8 Å². The molecule has 0 N–H and O–H groups in total. The molecule has 0 heterocycles. The largest absolute Gasteiger partial charge is 0.475 e. The minimum atomic E-state index is -6.28. The minimum Gasteiger partial charge on any atom is -0.378 e. The molecule has 1 aromatic rings. The average Bonchev–Trinajstić information content (AvgIpc) is 2.34. The van der Waals surface area contributed by atoms with Crippen LogP contribution in [0.25, 0.3) is 0 Å². The van der Waals surface area contributed by atoms with Crippen LogP contribution in [-0.4, -0.2) is 19.8 Å². The molecule has 0 fully saturated rings. The Balaban J connectivity index is 3.50. The monoisotopic (exact) mass is 388 g/mol. The Bertz CT molecular complexity index is 739. The van der Waals surface area contributed by atoms with Gasteiger partial charge in [-0.2, -0.15) is 30.4 Å². The summed E-state index contributed by atoms with van der Waals surface area (Å²) in [5.74, 6) is -0.551. The highest BCUT2D eigenvalue weighted by Gasteiger charge is 2.69. The van der Waals surface area contributed by atoms with Gasteiger partial charge < -0.3 is 4.18 Å². The van der Waals surface area contributed by atoms with Crippen LogP contribution in [0.1, 0.15) is 52.7 Å². The zero-order chi connectivity index (χ0) is 20.1. The average molecular weight is 388 g/mol. The first-order chi connectivity index (χ1) is 10.8. The van der Waals surface area contributed by atoms with Gasteiger partial charge in [0.15, 0.2) is 0 Å². The third-order valence-corrected chi connectivity index (χ3v) is 4.76. The molecule has 1 aromatic carbocycles.